The fourth-order valence-corrected chi connectivity index (χ4v) is 6.09. The van der Waals surface area contributed by atoms with Crippen molar-refractivity contribution in [1.82, 2.24) is 0 Å². The van der Waals surface area contributed by atoms with Crippen molar-refractivity contribution in [1.29, 1.82) is 0 Å². The summed E-state index contributed by atoms with van der Waals surface area (Å²) in [5, 5.41) is 0. The van der Waals surface area contributed by atoms with E-state index in [2.05, 4.69) is 0 Å². The van der Waals surface area contributed by atoms with E-state index in [0.717, 1.165) is 40.4 Å². The largest absolute Gasteiger partial charge is 0.493 e. The van der Waals surface area contributed by atoms with Crippen molar-refractivity contribution >= 4 is 5.97 Å². The van der Waals surface area contributed by atoms with Crippen LogP contribution in [0, 0.1) is 5.92 Å². The van der Waals surface area contributed by atoms with Crippen molar-refractivity contribution in [3.05, 3.63) is 52.1 Å². The zero-order valence-electron chi connectivity index (χ0n) is 20.9. The van der Waals surface area contributed by atoms with Crippen LogP contribution >= 0.6 is 0 Å². The van der Waals surface area contributed by atoms with Crippen LogP contribution in [-0.4, -0.2) is 40.2 Å². The smallest absolute Gasteiger partial charge is 0.335 e. The molecule has 2 aromatic carbocycles. The molecule has 1 fully saturated rings. The molecule has 190 valence electrons. The number of carbonyl (C=O) groups excluding carboxylic acids is 1. The van der Waals surface area contributed by atoms with Crippen LogP contribution in [0.3, 0.4) is 0 Å². The Bertz CT molecular complexity index is 1180. The summed E-state index contributed by atoms with van der Waals surface area (Å²) < 4.78 is 34.6. The fourth-order valence-electron chi connectivity index (χ4n) is 6.09. The lowest BCUT2D eigenvalue weighted by molar-refractivity contribution is -0.136. The van der Waals surface area contributed by atoms with Gasteiger partial charge >= 0.3 is 5.97 Å². The summed E-state index contributed by atoms with van der Waals surface area (Å²) in [5.74, 6) is 3.33. The average molecular weight is 493 g/mol. The van der Waals surface area contributed by atoms with Crippen molar-refractivity contribution in [2.75, 3.05) is 34.2 Å². The molecule has 2 aliphatic heterocycles. The molecule has 0 amide bonds. The van der Waals surface area contributed by atoms with Crippen LogP contribution in [0.15, 0.2) is 35.4 Å². The van der Waals surface area contributed by atoms with E-state index in [9.17, 15) is 4.79 Å². The molecule has 2 aromatic rings. The van der Waals surface area contributed by atoms with Crippen molar-refractivity contribution in [3.63, 3.8) is 0 Å². The molecule has 0 spiro atoms. The SMILES string of the molecule is COc1cc(C2C3=C(COC3=O)Cc3cc4c(cc32)OCO4)cc(OC)c1OCCC1CCCCC1. The number of esters is 1. The number of fused-ring (bicyclic) bond motifs is 2. The van der Waals surface area contributed by atoms with Gasteiger partial charge < -0.3 is 28.4 Å². The fraction of sp³-hybridized carbons (Fsp3) is 0.483. The second-order valence-corrected chi connectivity index (χ2v) is 10.0. The first kappa shape index (κ1) is 23.1. The lowest BCUT2D eigenvalue weighted by atomic mass is 9.75. The van der Waals surface area contributed by atoms with Gasteiger partial charge in [-0.25, -0.2) is 4.79 Å². The standard InChI is InChI=1S/C29H32O7/c1-31-24-12-19(13-25(32-2)28(24)33-9-8-17-6-4-3-5-7-17)26-21-14-23-22(35-16-36-23)11-18(21)10-20-15-34-29(30)27(20)26/h11-14,17,26H,3-10,15-16H2,1-2H3. The van der Waals surface area contributed by atoms with E-state index in [1.54, 1.807) is 14.2 Å². The molecule has 4 aliphatic rings. The molecule has 0 aromatic heterocycles. The molecule has 2 aliphatic carbocycles. The molecule has 0 bridgehead atoms. The van der Waals surface area contributed by atoms with Crippen LogP contribution in [0.5, 0.6) is 28.7 Å². The van der Waals surface area contributed by atoms with Gasteiger partial charge in [0.05, 0.1) is 26.4 Å². The van der Waals surface area contributed by atoms with Crippen LogP contribution in [0.2, 0.25) is 0 Å². The van der Waals surface area contributed by atoms with Gasteiger partial charge in [0.1, 0.15) is 6.61 Å². The minimum atomic E-state index is -0.327. The van der Waals surface area contributed by atoms with Gasteiger partial charge in [0.2, 0.25) is 12.5 Å². The van der Waals surface area contributed by atoms with Crippen LogP contribution < -0.4 is 23.7 Å². The number of benzene rings is 2. The molecular weight excluding hydrogens is 460 g/mol. The van der Waals surface area contributed by atoms with Crippen molar-refractivity contribution < 1.29 is 33.2 Å². The van der Waals surface area contributed by atoms with Gasteiger partial charge in [-0.1, -0.05) is 32.1 Å². The third kappa shape index (κ3) is 4.04. The third-order valence-electron chi connectivity index (χ3n) is 7.93. The summed E-state index contributed by atoms with van der Waals surface area (Å²) in [6, 6.07) is 7.93. The minimum Gasteiger partial charge on any atom is -0.493 e. The van der Waals surface area contributed by atoms with Gasteiger partial charge in [-0.15, -0.1) is 0 Å². The van der Waals surface area contributed by atoms with Gasteiger partial charge in [-0.2, -0.15) is 0 Å². The first-order chi connectivity index (χ1) is 17.7. The first-order valence-corrected chi connectivity index (χ1v) is 12.9. The lowest BCUT2D eigenvalue weighted by Crippen LogP contribution is -2.18. The highest BCUT2D eigenvalue weighted by atomic mass is 16.7. The average Bonchev–Trinajstić information content (AvgIpc) is 3.52. The highest BCUT2D eigenvalue weighted by Crippen LogP contribution is 2.50. The van der Waals surface area contributed by atoms with Gasteiger partial charge in [0.15, 0.2) is 23.0 Å². The highest BCUT2D eigenvalue weighted by Gasteiger charge is 2.40. The lowest BCUT2D eigenvalue weighted by Gasteiger charge is -2.28. The first-order valence-electron chi connectivity index (χ1n) is 12.9. The quantitative estimate of drug-likeness (QED) is 0.484. The Hall–Kier alpha value is -3.35. The third-order valence-corrected chi connectivity index (χ3v) is 7.93. The van der Waals surface area contributed by atoms with E-state index in [-0.39, 0.29) is 18.7 Å². The number of rotatable bonds is 7. The Morgan fingerprint density at radius 2 is 1.64 bits per heavy atom. The summed E-state index contributed by atoms with van der Waals surface area (Å²) in [6.07, 6.45) is 8.22. The van der Waals surface area contributed by atoms with Crippen LogP contribution in [0.1, 0.15) is 61.1 Å². The predicted molar refractivity (Wildman–Crippen MR) is 132 cm³/mol. The van der Waals surface area contributed by atoms with Crippen molar-refractivity contribution in [2.45, 2.75) is 50.9 Å². The Balaban J connectivity index is 1.36. The Morgan fingerprint density at radius 1 is 0.917 bits per heavy atom. The van der Waals surface area contributed by atoms with E-state index in [0.29, 0.717) is 48.2 Å². The second-order valence-electron chi connectivity index (χ2n) is 10.0. The van der Waals surface area contributed by atoms with Gasteiger partial charge in [-0.05, 0) is 65.3 Å². The molecule has 0 N–H and O–H groups in total. The highest BCUT2D eigenvalue weighted by molar-refractivity contribution is 5.95. The minimum absolute atomic E-state index is 0.201. The maximum atomic E-state index is 12.9. The molecule has 7 heteroatoms. The number of carbonyl (C=O) groups is 1. The number of ether oxygens (including phenoxy) is 6. The van der Waals surface area contributed by atoms with Crippen molar-refractivity contribution in [3.8, 4) is 28.7 Å². The summed E-state index contributed by atoms with van der Waals surface area (Å²) in [6.45, 7) is 1.13. The Labute approximate surface area is 211 Å². The summed E-state index contributed by atoms with van der Waals surface area (Å²) in [4.78, 5) is 12.9. The normalized spacial score (nSPS) is 20.6. The van der Waals surface area contributed by atoms with Crippen LogP contribution in [-0.2, 0) is 16.0 Å². The summed E-state index contributed by atoms with van der Waals surface area (Å²) in [5.41, 5.74) is 4.69. The zero-order chi connectivity index (χ0) is 24.6. The van der Waals surface area contributed by atoms with Gasteiger partial charge in [-0.3, -0.25) is 0 Å². The summed E-state index contributed by atoms with van der Waals surface area (Å²) in [7, 11) is 3.27. The molecule has 0 saturated heterocycles. The van der Waals surface area contributed by atoms with E-state index < -0.39 is 0 Å². The van der Waals surface area contributed by atoms with Gasteiger partial charge in [0.25, 0.3) is 0 Å². The molecule has 1 unspecified atom stereocenters. The molecule has 0 radical (unpaired) electrons. The van der Waals surface area contributed by atoms with E-state index in [1.165, 1.54) is 32.1 Å². The van der Waals surface area contributed by atoms with Crippen molar-refractivity contribution in [2.24, 2.45) is 5.92 Å². The monoisotopic (exact) mass is 492 g/mol. The van der Waals surface area contributed by atoms with E-state index in [1.807, 2.05) is 24.3 Å². The number of hydrogen-bond acceptors (Lipinski definition) is 7. The molecule has 7 nitrogen and oxygen atoms in total. The Morgan fingerprint density at radius 3 is 2.36 bits per heavy atom. The zero-order valence-corrected chi connectivity index (χ0v) is 20.9. The predicted octanol–water partition coefficient (Wildman–Crippen LogP) is 5.32. The maximum Gasteiger partial charge on any atom is 0.335 e. The maximum absolute atomic E-state index is 12.9. The molecule has 6 rings (SSSR count). The molecule has 1 saturated carbocycles. The molecule has 1 atom stereocenters. The summed E-state index contributed by atoms with van der Waals surface area (Å²) >= 11 is 0. The number of cyclic esters (lactones) is 1. The number of hydrogen-bond donors (Lipinski definition) is 0. The Kier molecular flexibility index (Phi) is 6.15. The molecule has 2 heterocycles. The van der Waals surface area contributed by atoms with E-state index in [4.69, 9.17) is 28.4 Å². The second kappa shape index (κ2) is 9.60. The van der Waals surface area contributed by atoms with Crippen LogP contribution in [0.25, 0.3) is 0 Å². The topological polar surface area (TPSA) is 72.5 Å². The van der Waals surface area contributed by atoms with E-state index >= 15 is 0 Å². The van der Waals surface area contributed by atoms with Gasteiger partial charge in [0, 0.05) is 5.92 Å². The number of methoxy groups -OCH3 is 2. The van der Waals surface area contributed by atoms with Crippen LogP contribution in [0.4, 0.5) is 0 Å². The molecular formula is C29H32O7. The molecule has 36 heavy (non-hydrogen) atoms.